The lowest BCUT2D eigenvalue weighted by molar-refractivity contribution is 0.0593. The van der Waals surface area contributed by atoms with Gasteiger partial charge in [-0.2, -0.15) is 29.8 Å². The Labute approximate surface area is 316 Å². The zero-order valence-electron chi connectivity index (χ0n) is 30.7. The van der Waals surface area contributed by atoms with Crippen LogP contribution < -0.4 is 11.5 Å². The lowest BCUT2D eigenvalue weighted by atomic mass is 10.1. The van der Waals surface area contributed by atoms with Crippen LogP contribution in [-0.2, 0) is 23.6 Å². The Hall–Kier alpha value is -8.04. The van der Waals surface area contributed by atoms with Crippen LogP contribution in [0, 0.1) is 13.8 Å². The van der Waals surface area contributed by atoms with Gasteiger partial charge in [-0.05, 0) is 38.1 Å². The summed E-state index contributed by atoms with van der Waals surface area (Å²) in [5.74, 6) is -0.432. The zero-order valence-corrected chi connectivity index (χ0v) is 30.7. The van der Waals surface area contributed by atoms with Crippen molar-refractivity contribution in [3.8, 4) is 34.4 Å². The van der Waals surface area contributed by atoms with Gasteiger partial charge in [0.25, 0.3) is 0 Å². The van der Waals surface area contributed by atoms with Gasteiger partial charge in [0.05, 0.1) is 37.0 Å². The summed E-state index contributed by atoms with van der Waals surface area (Å²) >= 11 is 0. The number of nitrogens with two attached hydrogens (primary N) is 2. The Balaban J connectivity index is 1.20. The molecule has 7 rings (SSSR count). The highest BCUT2D eigenvalue weighted by molar-refractivity contribution is 6.01. The van der Waals surface area contributed by atoms with E-state index in [2.05, 4.69) is 60.8 Å². The lowest BCUT2D eigenvalue weighted by Gasteiger charge is -2.06. The number of hydrogen-bond acceptors (Lipinski definition) is 18. The first-order chi connectivity index (χ1) is 27.0. The van der Waals surface area contributed by atoms with Gasteiger partial charge in [-0.1, -0.05) is 12.1 Å². The van der Waals surface area contributed by atoms with Crippen LogP contribution in [0.15, 0.2) is 81.6 Å². The van der Waals surface area contributed by atoms with E-state index in [0.29, 0.717) is 22.8 Å². The van der Waals surface area contributed by atoms with Crippen molar-refractivity contribution in [1.29, 1.82) is 0 Å². The molecule has 0 aliphatic rings. The molecule has 0 atom stereocenters. The molecule has 0 saturated heterocycles. The minimum absolute atomic E-state index is 0.0750. The summed E-state index contributed by atoms with van der Waals surface area (Å²) in [4.78, 5) is 43.1. The maximum Gasteiger partial charge on any atom is 0.344 e. The lowest BCUT2D eigenvalue weighted by Crippen LogP contribution is -2.09. The molecule has 7 aromatic heterocycles. The first-order valence-corrected chi connectivity index (χ1v) is 16.5. The summed E-state index contributed by atoms with van der Waals surface area (Å²) < 4.78 is 15.5. The predicted molar refractivity (Wildman–Crippen MR) is 198 cm³/mol. The van der Waals surface area contributed by atoms with E-state index in [1.807, 2.05) is 0 Å². The SMILES string of the molecule is COC(=O)c1c(-c2ccccn2)nn(C)c1N=Nc1c(C)nn(-c2cc(-n3nc(C)c(N=Nc4c(C(=O)OC)c(-c5ccccn5)nn4C)c3N)ncn2)c1N. The van der Waals surface area contributed by atoms with Crippen molar-refractivity contribution in [2.24, 2.45) is 34.6 Å². The number of esters is 2. The van der Waals surface area contributed by atoms with Crippen molar-refractivity contribution in [2.75, 3.05) is 25.7 Å². The molecule has 56 heavy (non-hydrogen) atoms. The first kappa shape index (κ1) is 36.3. The molecule has 4 N–H and O–H groups in total. The van der Waals surface area contributed by atoms with Crippen molar-refractivity contribution in [2.45, 2.75) is 13.8 Å². The number of carbonyl (C=O) groups excluding carboxylic acids is 2. The molecular weight excluding hydrogens is 724 g/mol. The van der Waals surface area contributed by atoms with Gasteiger partial charge in [0.2, 0.25) is 0 Å². The maximum absolute atomic E-state index is 12.9. The van der Waals surface area contributed by atoms with Crippen LogP contribution in [-0.4, -0.2) is 85.2 Å². The quantitative estimate of drug-likeness (QED) is 0.142. The van der Waals surface area contributed by atoms with Gasteiger partial charge in [0.1, 0.15) is 28.8 Å². The highest BCUT2D eigenvalue weighted by Gasteiger charge is 2.28. The molecule has 0 aliphatic carbocycles. The van der Waals surface area contributed by atoms with Crippen molar-refractivity contribution in [3.05, 3.63) is 83.7 Å². The number of ether oxygens (including phenoxy) is 2. The molecule has 0 fully saturated rings. The van der Waals surface area contributed by atoms with Crippen LogP contribution in [0.1, 0.15) is 32.1 Å². The van der Waals surface area contributed by atoms with Gasteiger partial charge >= 0.3 is 11.9 Å². The average Bonchev–Trinajstić information content (AvgIpc) is 3.91. The average molecular weight is 757 g/mol. The molecule has 0 spiro atoms. The van der Waals surface area contributed by atoms with E-state index >= 15 is 0 Å². The fourth-order valence-corrected chi connectivity index (χ4v) is 5.64. The van der Waals surface area contributed by atoms with E-state index in [4.69, 9.17) is 20.9 Å². The van der Waals surface area contributed by atoms with E-state index in [-0.39, 0.29) is 68.8 Å². The van der Waals surface area contributed by atoms with Crippen LogP contribution >= 0.6 is 0 Å². The Bertz CT molecular complexity index is 2490. The number of hydrogen-bond donors (Lipinski definition) is 2. The molecule has 0 radical (unpaired) electrons. The number of anilines is 2. The van der Waals surface area contributed by atoms with Crippen LogP contribution in [0.2, 0.25) is 0 Å². The molecule has 0 amide bonds. The summed E-state index contributed by atoms with van der Waals surface area (Å²) in [7, 11) is 5.74. The number of azo groups is 2. The molecule has 0 aliphatic heterocycles. The molecular formula is C34H32N18O4. The minimum atomic E-state index is -0.669. The Morgan fingerprint density at radius 2 is 1.05 bits per heavy atom. The summed E-state index contributed by atoms with van der Waals surface area (Å²) in [6.45, 7) is 3.37. The highest BCUT2D eigenvalue weighted by Crippen LogP contribution is 2.36. The van der Waals surface area contributed by atoms with E-state index < -0.39 is 11.9 Å². The summed E-state index contributed by atoms with van der Waals surface area (Å²) in [6.07, 6.45) is 4.46. The molecule has 7 heterocycles. The molecule has 282 valence electrons. The van der Waals surface area contributed by atoms with Crippen molar-refractivity contribution < 1.29 is 19.1 Å². The second-order valence-corrected chi connectivity index (χ2v) is 11.9. The summed E-state index contributed by atoms with van der Waals surface area (Å²) in [5, 5.41) is 35.3. The van der Waals surface area contributed by atoms with Gasteiger partial charge in [0, 0.05) is 32.6 Å². The summed E-state index contributed by atoms with van der Waals surface area (Å²) in [6, 6.07) is 12.0. The number of nitrogens with zero attached hydrogens (tertiary/aromatic N) is 16. The third-order valence-corrected chi connectivity index (χ3v) is 8.32. The first-order valence-electron chi connectivity index (χ1n) is 16.5. The standard InChI is InChI=1S/C34H32N18O4/c1-17-25(41-43-31-23(33(53)55-5)27(47-49(31)3)19-11-7-9-13-37-19)29(35)51(45-17)21-15-22(40-16-39-21)52-30(36)26(18(2)46-52)42-44-32-24(34(54)56-6)28(48-50(32)4)20-12-8-10-14-38-20/h7-16H,35-36H2,1-6H3. The van der Waals surface area contributed by atoms with Gasteiger partial charge in [0.15, 0.2) is 46.3 Å². The molecule has 22 heteroatoms. The minimum Gasteiger partial charge on any atom is -0.465 e. The van der Waals surface area contributed by atoms with Gasteiger partial charge in [-0.25, -0.2) is 28.9 Å². The third kappa shape index (κ3) is 6.46. The van der Waals surface area contributed by atoms with Crippen molar-refractivity contribution >= 4 is 46.6 Å². The summed E-state index contributed by atoms with van der Waals surface area (Å²) in [5.41, 5.74) is 15.9. The predicted octanol–water partition coefficient (Wildman–Crippen LogP) is 4.62. The highest BCUT2D eigenvalue weighted by atomic mass is 16.5. The van der Waals surface area contributed by atoms with Crippen molar-refractivity contribution in [3.63, 3.8) is 0 Å². The number of pyridine rings is 2. The zero-order chi connectivity index (χ0) is 39.7. The van der Waals surface area contributed by atoms with Gasteiger partial charge in [-0.3, -0.25) is 9.97 Å². The van der Waals surface area contributed by atoms with Crippen molar-refractivity contribution in [1.82, 2.24) is 59.1 Å². The van der Waals surface area contributed by atoms with Crippen LogP contribution in [0.4, 0.5) is 34.6 Å². The number of carbonyl (C=O) groups is 2. The second kappa shape index (κ2) is 14.8. The maximum atomic E-state index is 12.9. The molecule has 7 aromatic rings. The number of methoxy groups -OCH3 is 2. The van der Waals surface area contributed by atoms with Crippen LogP contribution in [0.3, 0.4) is 0 Å². The van der Waals surface area contributed by atoms with Crippen LogP contribution in [0.25, 0.3) is 34.4 Å². The van der Waals surface area contributed by atoms with Crippen LogP contribution in [0.5, 0.6) is 0 Å². The molecule has 22 nitrogen and oxygen atoms in total. The largest absolute Gasteiger partial charge is 0.465 e. The van der Waals surface area contributed by atoms with E-state index in [1.165, 1.54) is 39.3 Å². The second-order valence-electron chi connectivity index (χ2n) is 11.9. The normalized spacial score (nSPS) is 11.5. The Kier molecular flexibility index (Phi) is 9.58. The van der Waals surface area contributed by atoms with E-state index in [1.54, 1.807) is 82.8 Å². The fourth-order valence-electron chi connectivity index (χ4n) is 5.64. The monoisotopic (exact) mass is 756 g/mol. The number of rotatable bonds is 10. The van der Waals surface area contributed by atoms with Gasteiger partial charge < -0.3 is 20.9 Å². The van der Waals surface area contributed by atoms with Gasteiger partial charge in [-0.15, -0.1) is 20.5 Å². The van der Waals surface area contributed by atoms with E-state index in [0.717, 1.165) is 0 Å². The third-order valence-electron chi connectivity index (χ3n) is 8.32. The molecule has 0 aromatic carbocycles. The Morgan fingerprint density at radius 1 is 0.625 bits per heavy atom. The number of aromatic nitrogens is 12. The smallest absolute Gasteiger partial charge is 0.344 e. The molecule has 0 saturated carbocycles. The number of aryl methyl sites for hydroxylation is 4. The molecule has 0 unspecified atom stereocenters. The molecule has 0 bridgehead atoms. The topological polar surface area (TPSA) is 277 Å². The number of nitrogen functional groups attached to an aromatic ring is 2. The Morgan fingerprint density at radius 3 is 1.43 bits per heavy atom. The fraction of sp³-hybridized carbons (Fsp3) is 0.176. The van der Waals surface area contributed by atoms with E-state index in [9.17, 15) is 9.59 Å².